The summed E-state index contributed by atoms with van der Waals surface area (Å²) in [6.07, 6.45) is 19.8. The maximum absolute atomic E-state index is 11.9. The first kappa shape index (κ1) is 26.9. The maximum Gasteiger partial charge on any atom is 0.295 e. The maximum atomic E-state index is 11.9. The summed E-state index contributed by atoms with van der Waals surface area (Å²) in [5.74, 6) is 0. The van der Waals surface area contributed by atoms with Crippen LogP contribution in [0, 0.1) is 0 Å². The van der Waals surface area contributed by atoms with E-state index in [-0.39, 0.29) is 4.90 Å². The van der Waals surface area contributed by atoms with Crippen LogP contribution in [0.5, 0.6) is 0 Å². The molecule has 0 aliphatic rings. The van der Waals surface area contributed by atoms with Crippen LogP contribution in [0.4, 0.5) is 0 Å². The molecule has 0 amide bonds. The Morgan fingerprint density at radius 1 is 0.625 bits per heavy atom. The second-order valence-corrected chi connectivity index (χ2v) is 10.7. The third-order valence-electron chi connectivity index (χ3n) is 6.53. The number of hydrogen-bond donors (Lipinski definition) is 1. The van der Waals surface area contributed by atoms with E-state index in [0.29, 0.717) is 5.39 Å². The SMILES string of the molecule is CCCCCCCCCc1ccc2c(S(=O)(=O)O)ccc(CCCCCCCCC)c2c1. The van der Waals surface area contributed by atoms with Gasteiger partial charge in [0.2, 0.25) is 0 Å². The Balaban J connectivity index is 2.04. The fourth-order valence-electron chi connectivity index (χ4n) is 4.59. The van der Waals surface area contributed by atoms with E-state index in [1.807, 2.05) is 18.2 Å². The summed E-state index contributed by atoms with van der Waals surface area (Å²) in [6.45, 7) is 4.48. The minimum atomic E-state index is -4.23. The molecule has 0 saturated carbocycles. The Morgan fingerprint density at radius 2 is 1.16 bits per heavy atom. The molecule has 2 rings (SSSR count). The van der Waals surface area contributed by atoms with Gasteiger partial charge in [0.05, 0.1) is 0 Å². The van der Waals surface area contributed by atoms with Gasteiger partial charge >= 0.3 is 0 Å². The van der Waals surface area contributed by atoms with E-state index in [4.69, 9.17) is 0 Å². The van der Waals surface area contributed by atoms with Crippen molar-refractivity contribution in [1.29, 1.82) is 0 Å². The summed E-state index contributed by atoms with van der Waals surface area (Å²) < 4.78 is 33.5. The lowest BCUT2D eigenvalue weighted by Crippen LogP contribution is -2.01. The van der Waals surface area contributed by atoms with Crippen LogP contribution >= 0.6 is 0 Å². The van der Waals surface area contributed by atoms with E-state index >= 15 is 0 Å². The van der Waals surface area contributed by atoms with Crippen molar-refractivity contribution < 1.29 is 13.0 Å². The van der Waals surface area contributed by atoms with Crippen LogP contribution in [0.25, 0.3) is 10.8 Å². The molecule has 0 heterocycles. The monoisotopic (exact) mass is 460 g/mol. The van der Waals surface area contributed by atoms with Crippen molar-refractivity contribution in [3.8, 4) is 0 Å². The lowest BCUT2D eigenvalue weighted by Gasteiger charge is -2.12. The van der Waals surface area contributed by atoms with E-state index in [1.54, 1.807) is 6.07 Å². The molecule has 0 bridgehead atoms. The van der Waals surface area contributed by atoms with Crippen molar-refractivity contribution in [2.75, 3.05) is 0 Å². The Kier molecular flexibility index (Phi) is 12.3. The van der Waals surface area contributed by atoms with E-state index in [9.17, 15) is 13.0 Å². The van der Waals surface area contributed by atoms with Crippen molar-refractivity contribution >= 4 is 20.9 Å². The number of benzene rings is 2. The molecule has 32 heavy (non-hydrogen) atoms. The van der Waals surface area contributed by atoms with E-state index < -0.39 is 10.1 Å². The number of hydrogen-bond acceptors (Lipinski definition) is 2. The minimum absolute atomic E-state index is 0.0262. The Bertz CT molecular complexity index is 902. The quantitative estimate of drug-likeness (QED) is 0.190. The second-order valence-electron chi connectivity index (χ2n) is 9.32. The van der Waals surface area contributed by atoms with Gasteiger partial charge in [-0.15, -0.1) is 0 Å². The zero-order chi connectivity index (χ0) is 23.2. The van der Waals surface area contributed by atoms with Gasteiger partial charge in [-0.05, 0) is 48.3 Å². The summed E-state index contributed by atoms with van der Waals surface area (Å²) >= 11 is 0. The van der Waals surface area contributed by atoms with Gasteiger partial charge in [-0.25, -0.2) is 0 Å². The van der Waals surface area contributed by atoms with Crippen molar-refractivity contribution in [2.45, 2.75) is 121 Å². The van der Waals surface area contributed by atoms with Crippen LogP contribution < -0.4 is 0 Å². The minimum Gasteiger partial charge on any atom is -0.282 e. The standard InChI is InChI=1S/C28H44O3S/c1-3-5-7-9-11-13-15-17-24-19-21-26-27(23-24)25(20-22-28(26)32(29,30)31)18-16-14-12-10-8-6-4-2/h19-23H,3-18H2,1-2H3,(H,29,30,31). The smallest absolute Gasteiger partial charge is 0.282 e. The molecule has 180 valence electrons. The molecule has 0 saturated heterocycles. The van der Waals surface area contributed by atoms with Crippen molar-refractivity contribution in [2.24, 2.45) is 0 Å². The summed E-state index contributed by atoms with van der Waals surface area (Å²) in [5.41, 5.74) is 2.46. The fourth-order valence-corrected chi connectivity index (χ4v) is 5.28. The van der Waals surface area contributed by atoms with Crippen LogP contribution in [-0.2, 0) is 23.0 Å². The molecule has 0 spiro atoms. The number of fused-ring (bicyclic) bond motifs is 1. The Morgan fingerprint density at radius 3 is 1.72 bits per heavy atom. The first-order valence-electron chi connectivity index (χ1n) is 13.0. The van der Waals surface area contributed by atoms with Crippen molar-refractivity contribution in [3.63, 3.8) is 0 Å². The molecular weight excluding hydrogens is 416 g/mol. The zero-order valence-corrected chi connectivity index (χ0v) is 21.2. The number of unbranched alkanes of at least 4 members (excludes halogenated alkanes) is 12. The molecule has 0 atom stereocenters. The van der Waals surface area contributed by atoms with Gasteiger partial charge in [-0.2, -0.15) is 8.42 Å². The van der Waals surface area contributed by atoms with Crippen LogP contribution in [0.3, 0.4) is 0 Å². The molecule has 2 aromatic carbocycles. The van der Waals surface area contributed by atoms with Gasteiger partial charge in [0.25, 0.3) is 10.1 Å². The van der Waals surface area contributed by atoms with E-state index in [1.165, 1.54) is 94.6 Å². The number of rotatable bonds is 17. The van der Waals surface area contributed by atoms with E-state index in [2.05, 4.69) is 19.9 Å². The molecule has 0 aliphatic carbocycles. The Hall–Kier alpha value is -1.39. The van der Waals surface area contributed by atoms with Crippen molar-refractivity contribution in [1.82, 2.24) is 0 Å². The van der Waals surface area contributed by atoms with Gasteiger partial charge in [0.15, 0.2) is 0 Å². The molecule has 3 nitrogen and oxygen atoms in total. The predicted octanol–water partition coefficient (Wildman–Crippen LogP) is 8.67. The average molecular weight is 461 g/mol. The molecule has 4 heteroatoms. The van der Waals surface area contributed by atoms with E-state index in [0.717, 1.165) is 24.6 Å². The summed E-state index contributed by atoms with van der Waals surface area (Å²) in [5, 5.41) is 1.64. The summed E-state index contributed by atoms with van der Waals surface area (Å²) in [7, 11) is -4.23. The highest BCUT2D eigenvalue weighted by atomic mass is 32.2. The van der Waals surface area contributed by atoms with Crippen LogP contribution in [0.1, 0.15) is 115 Å². The summed E-state index contributed by atoms with van der Waals surface area (Å²) in [4.78, 5) is 0.0262. The molecule has 0 fully saturated rings. The second kappa shape index (κ2) is 14.7. The Labute approximate surface area is 196 Å². The lowest BCUT2D eigenvalue weighted by atomic mass is 9.96. The van der Waals surface area contributed by atoms with Gasteiger partial charge in [0, 0.05) is 5.39 Å². The highest BCUT2D eigenvalue weighted by Crippen LogP contribution is 2.29. The molecule has 0 unspecified atom stereocenters. The molecule has 1 N–H and O–H groups in total. The predicted molar refractivity (Wildman–Crippen MR) is 137 cm³/mol. The first-order valence-corrected chi connectivity index (χ1v) is 14.4. The third kappa shape index (κ3) is 9.23. The highest BCUT2D eigenvalue weighted by Gasteiger charge is 2.16. The van der Waals surface area contributed by atoms with Crippen LogP contribution in [0.15, 0.2) is 35.2 Å². The van der Waals surface area contributed by atoms with Crippen LogP contribution in [0.2, 0.25) is 0 Å². The van der Waals surface area contributed by atoms with Gasteiger partial charge < -0.3 is 0 Å². The zero-order valence-electron chi connectivity index (χ0n) is 20.4. The first-order chi connectivity index (χ1) is 15.5. The largest absolute Gasteiger partial charge is 0.295 e. The molecule has 0 aromatic heterocycles. The molecular formula is C28H44O3S. The normalized spacial score (nSPS) is 12.0. The molecule has 0 aliphatic heterocycles. The third-order valence-corrected chi connectivity index (χ3v) is 7.44. The molecule has 0 radical (unpaired) electrons. The topological polar surface area (TPSA) is 54.4 Å². The average Bonchev–Trinajstić information content (AvgIpc) is 2.77. The molecule has 2 aromatic rings. The fraction of sp³-hybridized carbons (Fsp3) is 0.643. The lowest BCUT2D eigenvalue weighted by molar-refractivity contribution is 0.484. The van der Waals surface area contributed by atoms with Gasteiger partial charge in [-0.1, -0.05) is 115 Å². The van der Waals surface area contributed by atoms with Crippen molar-refractivity contribution in [3.05, 3.63) is 41.5 Å². The highest BCUT2D eigenvalue weighted by molar-refractivity contribution is 7.86. The van der Waals surface area contributed by atoms with Crippen LogP contribution in [-0.4, -0.2) is 13.0 Å². The van der Waals surface area contributed by atoms with Gasteiger partial charge in [-0.3, -0.25) is 4.55 Å². The summed E-state index contributed by atoms with van der Waals surface area (Å²) in [6, 6.07) is 9.57. The van der Waals surface area contributed by atoms with Gasteiger partial charge in [0.1, 0.15) is 4.90 Å². The number of aryl methyl sites for hydroxylation is 2.